The van der Waals surface area contributed by atoms with Crippen LogP contribution in [-0.2, 0) is 27.2 Å². The van der Waals surface area contributed by atoms with Crippen LogP contribution >= 0.6 is 0 Å². The molecule has 1 fully saturated rings. The number of hydrogen-bond donors (Lipinski definition) is 0. The van der Waals surface area contributed by atoms with Gasteiger partial charge in [0.25, 0.3) is 0 Å². The van der Waals surface area contributed by atoms with E-state index in [-0.39, 0.29) is 12.1 Å². The Balaban J connectivity index is 1.29. The highest BCUT2D eigenvalue weighted by Gasteiger charge is 2.31. The molecule has 5 rings (SSSR count). The molecule has 2 unspecified atom stereocenters. The first-order valence-electron chi connectivity index (χ1n) is 11.1. The predicted octanol–water partition coefficient (Wildman–Crippen LogP) is 4.40. The van der Waals surface area contributed by atoms with Crippen molar-refractivity contribution in [2.75, 3.05) is 26.4 Å². The van der Waals surface area contributed by atoms with E-state index >= 15 is 0 Å². The SMILES string of the molecule is CC1Cc2cc(OCc3ccccc3)ccc2C2C=C(OC[C@@H]3COCCO3)C=CN12. The Bertz CT molecular complexity index is 949. The van der Waals surface area contributed by atoms with Gasteiger partial charge >= 0.3 is 0 Å². The third kappa shape index (κ3) is 4.63. The Morgan fingerprint density at radius 2 is 1.97 bits per heavy atom. The molecular weight excluding hydrogens is 390 g/mol. The van der Waals surface area contributed by atoms with Gasteiger partial charge in [0.15, 0.2) is 0 Å². The summed E-state index contributed by atoms with van der Waals surface area (Å²) < 4.78 is 23.3. The van der Waals surface area contributed by atoms with Crippen LogP contribution in [0.15, 0.2) is 72.6 Å². The molecule has 1 saturated heterocycles. The number of hydrogen-bond acceptors (Lipinski definition) is 5. The number of benzene rings is 2. The van der Waals surface area contributed by atoms with E-state index in [9.17, 15) is 0 Å². The van der Waals surface area contributed by atoms with E-state index in [1.807, 2.05) is 18.2 Å². The van der Waals surface area contributed by atoms with Gasteiger partial charge in [0, 0.05) is 12.2 Å². The largest absolute Gasteiger partial charge is 0.491 e. The molecule has 3 heterocycles. The Morgan fingerprint density at radius 1 is 1.06 bits per heavy atom. The fourth-order valence-electron chi connectivity index (χ4n) is 4.44. The first-order valence-corrected chi connectivity index (χ1v) is 11.1. The van der Waals surface area contributed by atoms with Gasteiger partial charge in [-0.2, -0.15) is 0 Å². The molecule has 0 aliphatic carbocycles. The Labute approximate surface area is 183 Å². The van der Waals surface area contributed by atoms with Crippen molar-refractivity contribution in [3.63, 3.8) is 0 Å². The lowest BCUT2D eigenvalue weighted by atomic mass is 9.87. The quantitative estimate of drug-likeness (QED) is 0.694. The maximum absolute atomic E-state index is 6.06. The molecule has 0 N–H and O–H groups in total. The molecular formula is C26H29NO4. The van der Waals surface area contributed by atoms with E-state index in [0.717, 1.165) is 17.9 Å². The zero-order valence-corrected chi connectivity index (χ0v) is 17.9. The van der Waals surface area contributed by atoms with Crippen LogP contribution in [0.3, 0.4) is 0 Å². The highest BCUT2D eigenvalue weighted by atomic mass is 16.6. The molecule has 31 heavy (non-hydrogen) atoms. The van der Waals surface area contributed by atoms with Crippen molar-refractivity contribution < 1.29 is 18.9 Å². The van der Waals surface area contributed by atoms with Crippen LogP contribution in [0, 0.1) is 0 Å². The zero-order chi connectivity index (χ0) is 21.0. The first kappa shape index (κ1) is 20.2. The minimum Gasteiger partial charge on any atom is -0.491 e. The Hall–Kier alpha value is -2.76. The molecule has 2 aromatic rings. The molecule has 162 valence electrons. The van der Waals surface area contributed by atoms with Gasteiger partial charge in [-0.05, 0) is 54.3 Å². The van der Waals surface area contributed by atoms with Gasteiger partial charge in [0.1, 0.15) is 30.8 Å². The summed E-state index contributed by atoms with van der Waals surface area (Å²) in [4.78, 5) is 2.40. The number of allylic oxidation sites excluding steroid dienone is 1. The molecule has 3 aliphatic rings. The summed E-state index contributed by atoms with van der Waals surface area (Å²) in [5.74, 6) is 1.81. The number of fused-ring (bicyclic) bond motifs is 3. The highest BCUT2D eigenvalue weighted by molar-refractivity contribution is 5.44. The van der Waals surface area contributed by atoms with E-state index in [1.54, 1.807) is 0 Å². The summed E-state index contributed by atoms with van der Waals surface area (Å²) in [6, 6.07) is 17.3. The second kappa shape index (κ2) is 9.16. The monoisotopic (exact) mass is 419 g/mol. The van der Waals surface area contributed by atoms with Gasteiger partial charge in [-0.15, -0.1) is 0 Å². The third-order valence-electron chi connectivity index (χ3n) is 6.08. The third-order valence-corrected chi connectivity index (χ3v) is 6.08. The van der Waals surface area contributed by atoms with E-state index < -0.39 is 0 Å². The van der Waals surface area contributed by atoms with Crippen LogP contribution in [0.4, 0.5) is 0 Å². The summed E-state index contributed by atoms with van der Waals surface area (Å²) in [6.07, 6.45) is 7.42. The van der Waals surface area contributed by atoms with Gasteiger partial charge in [-0.1, -0.05) is 36.4 Å². The van der Waals surface area contributed by atoms with Gasteiger partial charge in [-0.3, -0.25) is 0 Å². The second-order valence-electron chi connectivity index (χ2n) is 8.34. The molecule has 5 heteroatoms. The lowest BCUT2D eigenvalue weighted by Gasteiger charge is -2.42. The fourth-order valence-corrected chi connectivity index (χ4v) is 4.44. The van der Waals surface area contributed by atoms with Crippen molar-refractivity contribution >= 4 is 0 Å². The van der Waals surface area contributed by atoms with E-state index in [0.29, 0.717) is 39.1 Å². The van der Waals surface area contributed by atoms with Crippen molar-refractivity contribution in [1.29, 1.82) is 0 Å². The van der Waals surface area contributed by atoms with E-state index in [2.05, 4.69) is 60.5 Å². The molecule has 3 atom stereocenters. The van der Waals surface area contributed by atoms with E-state index in [1.165, 1.54) is 16.7 Å². The van der Waals surface area contributed by atoms with Crippen LogP contribution in [0.1, 0.15) is 29.7 Å². The molecule has 0 radical (unpaired) electrons. The average molecular weight is 420 g/mol. The summed E-state index contributed by atoms with van der Waals surface area (Å²) in [5.41, 5.74) is 3.83. The number of ether oxygens (including phenoxy) is 4. The predicted molar refractivity (Wildman–Crippen MR) is 119 cm³/mol. The molecule has 3 aliphatic heterocycles. The van der Waals surface area contributed by atoms with Gasteiger partial charge in [0.05, 0.1) is 25.9 Å². The van der Waals surface area contributed by atoms with Crippen LogP contribution < -0.4 is 4.74 Å². The maximum atomic E-state index is 6.06. The summed E-state index contributed by atoms with van der Waals surface area (Å²) in [7, 11) is 0. The molecule has 0 amide bonds. The smallest absolute Gasteiger partial charge is 0.120 e. The molecule has 0 spiro atoms. The molecule has 0 aromatic heterocycles. The molecule has 2 aromatic carbocycles. The molecule has 0 bridgehead atoms. The van der Waals surface area contributed by atoms with Crippen molar-refractivity contribution in [2.24, 2.45) is 0 Å². The average Bonchev–Trinajstić information content (AvgIpc) is 2.82. The van der Waals surface area contributed by atoms with Crippen LogP contribution in [-0.4, -0.2) is 43.5 Å². The lowest BCUT2D eigenvalue weighted by molar-refractivity contribution is -0.108. The topological polar surface area (TPSA) is 40.2 Å². The normalized spacial score (nSPS) is 24.7. The molecule has 0 saturated carbocycles. The summed E-state index contributed by atoms with van der Waals surface area (Å²) >= 11 is 0. The highest BCUT2D eigenvalue weighted by Crippen LogP contribution is 2.39. The standard InChI is InChI=1S/C26H29NO4/c1-19-13-21-14-22(30-16-20-5-3-2-4-6-20)7-8-25(21)26-15-23(9-10-27(19)26)31-18-24-17-28-11-12-29-24/h2-10,14-15,19,24,26H,11-13,16-18H2,1H3/t19?,24-,26?/m0/s1. The minimum atomic E-state index is 0.00275. The van der Waals surface area contributed by atoms with Crippen LogP contribution in [0.2, 0.25) is 0 Å². The second-order valence-corrected chi connectivity index (χ2v) is 8.34. The zero-order valence-electron chi connectivity index (χ0n) is 17.9. The van der Waals surface area contributed by atoms with Crippen LogP contribution in [0.5, 0.6) is 5.75 Å². The maximum Gasteiger partial charge on any atom is 0.120 e. The van der Waals surface area contributed by atoms with Crippen molar-refractivity contribution in [3.05, 3.63) is 89.3 Å². The summed E-state index contributed by atoms with van der Waals surface area (Å²) in [6.45, 7) is 5.26. The van der Waals surface area contributed by atoms with Crippen molar-refractivity contribution in [1.82, 2.24) is 4.90 Å². The van der Waals surface area contributed by atoms with Gasteiger partial charge in [-0.25, -0.2) is 0 Å². The Morgan fingerprint density at radius 3 is 2.81 bits per heavy atom. The minimum absolute atomic E-state index is 0.00275. The van der Waals surface area contributed by atoms with Crippen LogP contribution in [0.25, 0.3) is 0 Å². The van der Waals surface area contributed by atoms with E-state index in [4.69, 9.17) is 18.9 Å². The first-order chi connectivity index (χ1) is 15.3. The molecule has 5 nitrogen and oxygen atoms in total. The Kier molecular flexibility index (Phi) is 5.96. The van der Waals surface area contributed by atoms with Crippen molar-refractivity contribution in [3.8, 4) is 5.75 Å². The van der Waals surface area contributed by atoms with Crippen molar-refractivity contribution in [2.45, 2.75) is 38.1 Å². The lowest BCUT2D eigenvalue weighted by Crippen LogP contribution is -2.39. The summed E-state index contributed by atoms with van der Waals surface area (Å²) in [5, 5.41) is 0. The van der Waals surface area contributed by atoms with Gasteiger partial charge in [0.2, 0.25) is 0 Å². The number of nitrogens with zero attached hydrogens (tertiary/aromatic N) is 1. The number of rotatable bonds is 6. The van der Waals surface area contributed by atoms with Gasteiger partial charge < -0.3 is 23.8 Å². The fraction of sp³-hybridized carbons (Fsp3) is 0.385.